The summed E-state index contributed by atoms with van der Waals surface area (Å²) in [5, 5.41) is 0.267. The molecule has 0 spiro atoms. The third kappa shape index (κ3) is 3.04. The van der Waals surface area contributed by atoms with Crippen molar-refractivity contribution >= 4 is 40.6 Å². The van der Waals surface area contributed by atoms with E-state index >= 15 is 0 Å². The lowest BCUT2D eigenvalue weighted by atomic mass is 10.0. The van der Waals surface area contributed by atoms with Crippen LogP contribution < -0.4 is 4.90 Å². The SMILES string of the molecule is CCOC(=O)N1C(=O)/C(=C/C(=O)c2cccnc2)c2c(Cl)cccc21. The standard InChI is InChI=1S/C18H13ClN2O4/c1-2-25-18(24)21-14-7-3-6-13(19)16(14)12(17(21)23)9-15(22)11-5-4-8-20-10-11/h3-10H,2H2,1H3/b12-9+. The van der Waals surface area contributed by atoms with Gasteiger partial charge in [-0.15, -0.1) is 0 Å². The van der Waals surface area contributed by atoms with Crippen LogP contribution in [0.2, 0.25) is 5.02 Å². The fraction of sp³-hybridized carbons (Fsp3) is 0.111. The highest BCUT2D eigenvalue weighted by Gasteiger charge is 2.39. The molecule has 25 heavy (non-hydrogen) atoms. The first kappa shape index (κ1) is 16.9. The van der Waals surface area contributed by atoms with Gasteiger partial charge in [-0.2, -0.15) is 0 Å². The Morgan fingerprint density at radius 1 is 1.28 bits per heavy atom. The number of ketones is 1. The van der Waals surface area contributed by atoms with Gasteiger partial charge in [-0.1, -0.05) is 17.7 Å². The maximum Gasteiger partial charge on any atom is 0.421 e. The summed E-state index contributed by atoms with van der Waals surface area (Å²) in [4.78, 5) is 42.1. The number of imide groups is 1. The van der Waals surface area contributed by atoms with Gasteiger partial charge in [0.05, 0.1) is 22.9 Å². The Balaban J connectivity index is 2.09. The fourth-order valence-corrected chi connectivity index (χ4v) is 2.80. The maximum absolute atomic E-state index is 12.7. The molecule has 0 saturated heterocycles. The second kappa shape index (κ2) is 6.86. The minimum absolute atomic E-state index is 0.0440. The molecule has 0 atom stereocenters. The number of aromatic nitrogens is 1. The Labute approximate surface area is 148 Å². The zero-order valence-corrected chi connectivity index (χ0v) is 14.0. The Hall–Kier alpha value is -2.99. The van der Waals surface area contributed by atoms with Crippen LogP contribution in [0.5, 0.6) is 0 Å². The van der Waals surface area contributed by atoms with Gasteiger partial charge in [-0.3, -0.25) is 14.6 Å². The molecule has 1 aromatic carbocycles. The van der Waals surface area contributed by atoms with Crippen LogP contribution in [0.3, 0.4) is 0 Å². The normalized spacial score (nSPS) is 14.6. The quantitative estimate of drug-likeness (QED) is 0.621. The van der Waals surface area contributed by atoms with Crippen molar-refractivity contribution in [3.05, 3.63) is 65.0 Å². The summed E-state index contributed by atoms with van der Waals surface area (Å²) in [7, 11) is 0. The number of carbonyl (C=O) groups is 3. The predicted molar refractivity (Wildman–Crippen MR) is 92.5 cm³/mol. The number of hydrogen-bond acceptors (Lipinski definition) is 5. The molecule has 7 heteroatoms. The number of benzene rings is 1. The smallest absolute Gasteiger partial charge is 0.421 e. The number of ether oxygens (including phenoxy) is 1. The molecular formula is C18H13ClN2O4. The van der Waals surface area contributed by atoms with Gasteiger partial charge in [0.15, 0.2) is 5.78 Å². The van der Waals surface area contributed by atoms with Gasteiger partial charge in [0, 0.05) is 23.5 Å². The monoisotopic (exact) mass is 356 g/mol. The molecule has 2 aromatic rings. The molecule has 0 aliphatic carbocycles. The molecule has 1 aliphatic heterocycles. The van der Waals surface area contributed by atoms with Crippen molar-refractivity contribution in [3.63, 3.8) is 0 Å². The van der Waals surface area contributed by atoms with Crippen LogP contribution in [0.4, 0.5) is 10.5 Å². The number of nitrogens with zero attached hydrogens (tertiary/aromatic N) is 2. The van der Waals surface area contributed by atoms with Crippen LogP contribution in [-0.4, -0.2) is 29.4 Å². The summed E-state index contributed by atoms with van der Waals surface area (Å²) in [6.45, 7) is 1.76. The molecule has 1 aromatic heterocycles. The van der Waals surface area contributed by atoms with Gasteiger partial charge in [-0.25, -0.2) is 9.69 Å². The number of halogens is 1. The number of anilines is 1. The maximum atomic E-state index is 12.7. The highest BCUT2D eigenvalue weighted by molar-refractivity contribution is 6.45. The summed E-state index contributed by atoms with van der Waals surface area (Å²) in [5.41, 5.74) is 0.995. The zero-order valence-electron chi connectivity index (χ0n) is 13.2. The molecule has 6 nitrogen and oxygen atoms in total. The minimum atomic E-state index is -0.812. The van der Waals surface area contributed by atoms with Crippen LogP contribution in [0.25, 0.3) is 5.57 Å². The Morgan fingerprint density at radius 3 is 2.76 bits per heavy atom. The fourth-order valence-electron chi connectivity index (χ4n) is 2.53. The van der Waals surface area contributed by atoms with Crippen LogP contribution >= 0.6 is 11.6 Å². The first-order valence-electron chi connectivity index (χ1n) is 7.50. The van der Waals surface area contributed by atoms with Gasteiger partial charge < -0.3 is 4.74 Å². The molecule has 1 aliphatic rings. The second-order valence-electron chi connectivity index (χ2n) is 5.14. The van der Waals surface area contributed by atoms with E-state index in [2.05, 4.69) is 4.98 Å². The Morgan fingerprint density at radius 2 is 2.08 bits per heavy atom. The van der Waals surface area contributed by atoms with E-state index in [1.165, 1.54) is 12.3 Å². The number of pyridine rings is 1. The van der Waals surface area contributed by atoms with Crippen molar-refractivity contribution in [1.82, 2.24) is 4.98 Å². The summed E-state index contributed by atoms with van der Waals surface area (Å²) in [6.07, 6.45) is 3.30. The van der Waals surface area contributed by atoms with Crippen molar-refractivity contribution in [2.24, 2.45) is 0 Å². The lowest BCUT2D eigenvalue weighted by Gasteiger charge is -2.14. The first-order valence-corrected chi connectivity index (χ1v) is 7.88. The number of rotatable bonds is 3. The molecular weight excluding hydrogens is 344 g/mol. The van der Waals surface area contributed by atoms with E-state index in [0.29, 0.717) is 16.8 Å². The summed E-state index contributed by atoms with van der Waals surface area (Å²) in [5.74, 6) is -1.06. The average Bonchev–Trinajstić information content (AvgIpc) is 2.89. The van der Waals surface area contributed by atoms with E-state index in [0.717, 1.165) is 4.90 Å². The molecule has 126 valence electrons. The highest BCUT2D eigenvalue weighted by atomic mass is 35.5. The average molecular weight is 357 g/mol. The van der Waals surface area contributed by atoms with Crippen molar-refractivity contribution in [2.45, 2.75) is 6.92 Å². The first-order chi connectivity index (χ1) is 12.0. The molecule has 0 saturated carbocycles. The van der Waals surface area contributed by atoms with Gasteiger partial charge in [0.1, 0.15) is 0 Å². The second-order valence-corrected chi connectivity index (χ2v) is 5.54. The van der Waals surface area contributed by atoms with E-state index in [4.69, 9.17) is 16.3 Å². The van der Waals surface area contributed by atoms with Crippen LogP contribution in [-0.2, 0) is 9.53 Å². The molecule has 0 N–H and O–H groups in total. The molecule has 0 fully saturated rings. The van der Waals surface area contributed by atoms with Gasteiger partial charge in [-0.05, 0) is 37.3 Å². The van der Waals surface area contributed by atoms with Crippen molar-refractivity contribution < 1.29 is 19.1 Å². The molecule has 0 radical (unpaired) electrons. The van der Waals surface area contributed by atoms with Crippen molar-refractivity contribution in [3.8, 4) is 0 Å². The minimum Gasteiger partial charge on any atom is -0.449 e. The van der Waals surface area contributed by atoms with E-state index in [9.17, 15) is 14.4 Å². The predicted octanol–water partition coefficient (Wildman–Crippen LogP) is 3.50. The number of fused-ring (bicyclic) bond motifs is 1. The summed E-state index contributed by atoms with van der Waals surface area (Å²) < 4.78 is 4.93. The number of amides is 2. The largest absolute Gasteiger partial charge is 0.449 e. The lowest BCUT2D eigenvalue weighted by Crippen LogP contribution is -2.34. The summed E-state index contributed by atoms with van der Waals surface area (Å²) in [6, 6.07) is 7.99. The molecule has 2 amide bonds. The van der Waals surface area contributed by atoms with Gasteiger partial charge in [0.25, 0.3) is 5.91 Å². The molecule has 0 unspecified atom stereocenters. The summed E-state index contributed by atoms with van der Waals surface area (Å²) >= 11 is 6.21. The third-order valence-electron chi connectivity index (χ3n) is 3.61. The van der Waals surface area contributed by atoms with Crippen molar-refractivity contribution in [1.29, 1.82) is 0 Å². The Kier molecular flexibility index (Phi) is 4.63. The van der Waals surface area contributed by atoms with E-state index in [1.54, 1.807) is 43.5 Å². The van der Waals surface area contributed by atoms with Crippen LogP contribution in [0.15, 0.2) is 48.8 Å². The zero-order chi connectivity index (χ0) is 18.0. The number of allylic oxidation sites excluding steroid dienone is 1. The van der Waals surface area contributed by atoms with Gasteiger partial charge >= 0.3 is 6.09 Å². The van der Waals surface area contributed by atoms with E-state index < -0.39 is 17.8 Å². The molecule has 3 rings (SSSR count). The van der Waals surface area contributed by atoms with E-state index in [-0.39, 0.29) is 17.2 Å². The number of hydrogen-bond donors (Lipinski definition) is 0. The topological polar surface area (TPSA) is 76.6 Å². The van der Waals surface area contributed by atoms with E-state index in [1.807, 2.05) is 0 Å². The Bertz CT molecular complexity index is 893. The molecule has 0 bridgehead atoms. The van der Waals surface area contributed by atoms with Crippen LogP contribution in [0.1, 0.15) is 22.8 Å². The van der Waals surface area contributed by atoms with Crippen molar-refractivity contribution in [2.75, 3.05) is 11.5 Å². The number of carbonyl (C=O) groups excluding carboxylic acids is 3. The lowest BCUT2D eigenvalue weighted by molar-refractivity contribution is -0.112. The molecule has 2 heterocycles. The van der Waals surface area contributed by atoms with Gasteiger partial charge in [0.2, 0.25) is 0 Å². The van der Waals surface area contributed by atoms with Crippen LogP contribution in [0, 0.1) is 0 Å². The highest BCUT2D eigenvalue weighted by Crippen LogP contribution is 2.41. The third-order valence-corrected chi connectivity index (χ3v) is 3.92.